The summed E-state index contributed by atoms with van der Waals surface area (Å²) in [6.07, 6.45) is 1.62. The lowest BCUT2D eigenvalue weighted by Gasteiger charge is -2.03. The first-order valence-electron chi connectivity index (χ1n) is 5.46. The molecule has 0 atom stereocenters. The quantitative estimate of drug-likeness (QED) is 0.629. The zero-order valence-electron chi connectivity index (χ0n) is 9.77. The predicted molar refractivity (Wildman–Crippen MR) is 80.7 cm³/mol. The number of benzene rings is 2. The maximum absolute atomic E-state index is 9.75. The summed E-state index contributed by atoms with van der Waals surface area (Å²) in [6.45, 7) is 0. The molecule has 0 aliphatic heterocycles. The lowest BCUT2D eigenvalue weighted by Crippen LogP contribution is -1.83. The molecule has 2 aromatic rings. The SMILES string of the molecule is N#C/C(=C\c1cc(Cl)ccc1O)c1ccc(Br)cc1. The highest BCUT2D eigenvalue weighted by molar-refractivity contribution is 9.10. The van der Waals surface area contributed by atoms with Gasteiger partial charge in [-0.3, -0.25) is 0 Å². The van der Waals surface area contributed by atoms with Crippen molar-refractivity contribution >= 4 is 39.2 Å². The van der Waals surface area contributed by atoms with E-state index in [1.807, 2.05) is 24.3 Å². The number of aromatic hydroxyl groups is 1. The number of phenolic OH excluding ortho intramolecular Hbond substituents is 1. The average Bonchev–Trinajstić information content (AvgIpc) is 2.41. The van der Waals surface area contributed by atoms with Crippen molar-refractivity contribution in [2.24, 2.45) is 0 Å². The molecule has 2 aromatic carbocycles. The van der Waals surface area contributed by atoms with Gasteiger partial charge in [0.2, 0.25) is 0 Å². The molecule has 19 heavy (non-hydrogen) atoms. The first-order chi connectivity index (χ1) is 9.10. The number of phenols is 1. The van der Waals surface area contributed by atoms with Gasteiger partial charge in [0.1, 0.15) is 5.75 Å². The molecule has 0 aromatic heterocycles. The highest BCUT2D eigenvalue weighted by atomic mass is 79.9. The number of hydrogen-bond acceptors (Lipinski definition) is 2. The fourth-order valence-electron chi connectivity index (χ4n) is 1.61. The topological polar surface area (TPSA) is 44.0 Å². The lowest BCUT2D eigenvalue weighted by molar-refractivity contribution is 0.474. The van der Waals surface area contributed by atoms with Crippen LogP contribution in [0.4, 0.5) is 0 Å². The Morgan fingerprint density at radius 1 is 1.21 bits per heavy atom. The van der Waals surface area contributed by atoms with E-state index in [9.17, 15) is 10.4 Å². The second-order valence-corrected chi connectivity index (χ2v) is 5.23. The van der Waals surface area contributed by atoms with Gasteiger partial charge in [0.05, 0.1) is 11.6 Å². The Balaban J connectivity index is 2.47. The predicted octanol–water partition coefficient (Wildman–Crippen LogP) is 4.87. The van der Waals surface area contributed by atoms with E-state index >= 15 is 0 Å². The first-order valence-corrected chi connectivity index (χ1v) is 6.63. The zero-order valence-corrected chi connectivity index (χ0v) is 12.1. The van der Waals surface area contributed by atoms with E-state index in [0.29, 0.717) is 16.2 Å². The van der Waals surface area contributed by atoms with E-state index in [1.165, 1.54) is 6.07 Å². The Morgan fingerprint density at radius 2 is 1.89 bits per heavy atom. The molecule has 2 nitrogen and oxygen atoms in total. The van der Waals surface area contributed by atoms with Crippen LogP contribution in [-0.4, -0.2) is 5.11 Å². The van der Waals surface area contributed by atoms with Crippen molar-refractivity contribution in [2.75, 3.05) is 0 Å². The molecule has 1 N–H and O–H groups in total. The molecular formula is C15H9BrClNO. The molecule has 0 amide bonds. The summed E-state index contributed by atoms with van der Waals surface area (Å²) in [5, 5.41) is 19.5. The molecule has 0 saturated heterocycles. The fourth-order valence-corrected chi connectivity index (χ4v) is 2.05. The molecule has 0 spiro atoms. The third kappa shape index (κ3) is 3.37. The smallest absolute Gasteiger partial charge is 0.122 e. The van der Waals surface area contributed by atoms with E-state index < -0.39 is 0 Å². The highest BCUT2D eigenvalue weighted by Gasteiger charge is 2.04. The average molecular weight is 335 g/mol. The Bertz CT molecular complexity index is 672. The third-order valence-electron chi connectivity index (χ3n) is 2.57. The van der Waals surface area contributed by atoms with Crippen LogP contribution in [0.15, 0.2) is 46.9 Å². The summed E-state index contributed by atoms with van der Waals surface area (Å²) in [6, 6.07) is 14.2. The molecule has 4 heteroatoms. The summed E-state index contributed by atoms with van der Waals surface area (Å²) < 4.78 is 0.944. The summed E-state index contributed by atoms with van der Waals surface area (Å²) in [5.41, 5.74) is 1.77. The van der Waals surface area contributed by atoms with E-state index in [2.05, 4.69) is 22.0 Å². The minimum absolute atomic E-state index is 0.0919. The second kappa shape index (κ2) is 5.92. The van der Waals surface area contributed by atoms with Gasteiger partial charge in [0.25, 0.3) is 0 Å². The van der Waals surface area contributed by atoms with Crippen molar-refractivity contribution in [2.45, 2.75) is 0 Å². The Hall–Kier alpha value is -1.76. The van der Waals surface area contributed by atoms with Crippen LogP contribution in [-0.2, 0) is 0 Å². The third-order valence-corrected chi connectivity index (χ3v) is 3.33. The first kappa shape index (κ1) is 13.7. The molecule has 0 bridgehead atoms. The molecule has 0 fully saturated rings. The van der Waals surface area contributed by atoms with Gasteiger partial charge >= 0.3 is 0 Å². The Labute approximate surface area is 124 Å². The number of nitriles is 1. The van der Waals surface area contributed by atoms with Gasteiger partial charge < -0.3 is 5.11 Å². The monoisotopic (exact) mass is 333 g/mol. The van der Waals surface area contributed by atoms with Crippen molar-refractivity contribution in [1.82, 2.24) is 0 Å². The molecule has 0 radical (unpaired) electrons. The maximum atomic E-state index is 9.75. The van der Waals surface area contributed by atoms with Gasteiger partial charge in [0.15, 0.2) is 0 Å². The molecule has 94 valence electrons. The van der Waals surface area contributed by atoms with E-state index in [0.717, 1.165) is 10.0 Å². The van der Waals surface area contributed by atoms with Crippen molar-refractivity contribution in [3.05, 3.63) is 63.1 Å². The van der Waals surface area contributed by atoms with Crippen molar-refractivity contribution in [3.63, 3.8) is 0 Å². The van der Waals surface area contributed by atoms with Gasteiger partial charge in [-0.15, -0.1) is 0 Å². The molecule has 2 rings (SSSR count). The number of nitrogens with zero attached hydrogens (tertiary/aromatic N) is 1. The molecule has 0 unspecified atom stereocenters. The van der Waals surface area contributed by atoms with Gasteiger partial charge in [-0.05, 0) is 42.0 Å². The zero-order chi connectivity index (χ0) is 13.8. The Kier molecular flexibility index (Phi) is 4.26. The summed E-state index contributed by atoms with van der Waals surface area (Å²) in [4.78, 5) is 0. The molecule has 0 aliphatic carbocycles. The largest absolute Gasteiger partial charge is 0.507 e. The van der Waals surface area contributed by atoms with Crippen molar-refractivity contribution in [3.8, 4) is 11.8 Å². The van der Waals surface area contributed by atoms with Gasteiger partial charge in [-0.25, -0.2) is 0 Å². The molecule has 0 heterocycles. The standard InChI is InChI=1S/C15H9BrClNO/c16-13-3-1-10(2-4-13)12(9-18)7-11-8-14(17)5-6-15(11)19/h1-8,19H/b12-7+. The lowest BCUT2D eigenvalue weighted by atomic mass is 10.0. The maximum Gasteiger partial charge on any atom is 0.122 e. The number of rotatable bonds is 2. The van der Waals surface area contributed by atoms with Crippen LogP contribution in [0.1, 0.15) is 11.1 Å². The number of allylic oxidation sites excluding steroid dienone is 1. The summed E-state index contributed by atoms with van der Waals surface area (Å²) >= 11 is 9.23. The van der Waals surface area contributed by atoms with Crippen LogP contribution in [0, 0.1) is 11.3 Å². The van der Waals surface area contributed by atoms with Crippen molar-refractivity contribution < 1.29 is 5.11 Å². The van der Waals surface area contributed by atoms with Crippen LogP contribution >= 0.6 is 27.5 Å². The minimum atomic E-state index is 0.0919. The number of halogens is 2. The molecule has 0 aliphatic rings. The molecule has 0 saturated carbocycles. The van der Waals surface area contributed by atoms with Crippen LogP contribution < -0.4 is 0 Å². The van der Waals surface area contributed by atoms with Crippen LogP contribution in [0.25, 0.3) is 11.6 Å². The molecular weight excluding hydrogens is 326 g/mol. The minimum Gasteiger partial charge on any atom is -0.507 e. The van der Waals surface area contributed by atoms with Gasteiger partial charge in [0, 0.05) is 15.1 Å². The van der Waals surface area contributed by atoms with Crippen molar-refractivity contribution in [1.29, 1.82) is 5.26 Å². The fraction of sp³-hybridized carbons (Fsp3) is 0. The normalized spacial score (nSPS) is 11.1. The Morgan fingerprint density at radius 3 is 2.53 bits per heavy atom. The number of hydrogen-bond donors (Lipinski definition) is 1. The van der Waals surface area contributed by atoms with Gasteiger partial charge in [-0.1, -0.05) is 39.7 Å². The van der Waals surface area contributed by atoms with Gasteiger partial charge in [-0.2, -0.15) is 5.26 Å². The van der Waals surface area contributed by atoms with E-state index in [4.69, 9.17) is 11.6 Å². The van der Waals surface area contributed by atoms with Crippen LogP contribution in [0.2, 0.25) is 5.02 Å². The van der Waals surface area contributed by atoms with Crippen LogP contribution in [0.5, 0.6) is 5.75 Å². The highest BCUT2D eigenvalue weighted by Crippen LogP contribution is 2.27. The second-order valence-electron chi connectivity index (χ2n) is 3.88. The van der Waals surface area contributed by atoms with E-state index in [-0.39, 0.29) is 5.75 Å². The van der Waals surface area contributed by atoms with Crippen LogP contribution in [0.3, 0.4) is 0 Å². The summed E-state index contributed by atoms with van der Waals surface area (Å²) in [5.74, 6) is 0.0919. The van der Waals surface area contributed by atoms with E-state index in [1.54, 1.807) is 18.2 Å². The summed E-state index contributed by atoms with van der Waals surface area (Å²) in [7, 11) is 0.